The molecule has 0 radical (unpaired) electrons. The molecule has 4 aromatic carbocycles. The number of nitrogens with zero attached hydrogens (tertiary/aromatic N) is 4. The molecular weight excluding hydrogens is 878 g/mol. The second-order valence-corrected chi connectivity index (χ2v) is 15.5. The number of rotatable bonds is 12. The molecule has 2 aromatic heterocycles. The van der Waals surface area contributed by atoms with Gasteiger partial charge in [-0.3, -0.25) is 14.6 Å². The number of benzene rings is 4. The van der Waals surface area contributed by atoms with Crippen molar-refractivity contribution in [3.63, 3.8) is 0 Å². The lowest BCUT2D eigenvalue weighted by atomic mass is 10.1. The fourth-order valence-corrected chi connectivity index (χ4v) is 7.15. The summed E-state index contributed by atoms with van der Waals surface area (Å²) in [6, 6.07) is 16.2. The highest BCUT2D eigenvalue weighted by Gasteiger charge is 2.25. The third-order valence-electron chi connectivity index (χ3n) is 10.0. The minimum absolute atomic E-state index is 0.0841. The maximum atomic E-state index is 14.6. The van der Waals surface area contributed by atoms with Gasteiger partial charge in [-0.05, 0) is 61.4 Å². The first-order valence-electron chi connectivity index (χ1n) is 19.5. The van der Waals surface area contributed by atoms with E-state index in [0.29, 0.717) is 93.0 Å². The molecule has 4 amide bonds. The number of likely N-dealkylation sites (tertiary alicyclic amines) is 1. The summed E-state index contributed by atoms with van der Waals surface area (Å²) in [5.41, 5.74) is 7.45. The number of carbonyl (C=O) groups excluding carboxylic acids is 3. The van der Waals surface area contributed by atoms with Crippen molar-refractivity contribution in [1.82, 2.24) is 25.2 Å². The molecule has 326 valence electrons. The van der Waals surface area contributed by atoms with E-state index in [2.05, 4.69) is 37.5 Å². The van der Waals surface area contributed by atoms with Crippen molar-refractivity contribution in [1.29, 1.82) is 0 Å². The van der Waals surface area contributed by atoms with E-state index in [1.807, 2.05) is 0 Å². The van der Waals surface area contributed by atoms with Gasteiger partial charge in [-0.1, -0.05) is 41.4 Å². The second kappa shape index (κ2) is 19.6. The summed E-state index contributed by atoms with van der Waals surface area (Å²) in [5, 5.41) is 9.99. The molecule has 1 aliphatic carbocycles. The van der Waals surface area contributed by atoms with Crippen LogP contribution in [0.5, 0.6) is 28.7 Å². The predicted octanol–water partition coefficient (Wildman–Crippen LogP) is 9.46. The maximum absolute atomic E-state index is 14.6. The summed E-state index contributed by atoms with van der Waals surface area (Å²) < 4.78 is 37.5. The first kappa shape index (κ1) is 44.4. The van der Waals surface area contributed by atoms with Crippen LogP contribution >= 0.6 is 34.8 Å². The smallest absolute Gasteiger partial charge is 0.319 e. The number of ether oxygens (including phenoxy) is 4. The molecule has 0 unspecified atom stereocenters. The van der Waals surface area contributed by atoms with E-state index in [0.717, 1.165) is 12.8 Å². The van der Waals surface area contributed by atoms with Gasteiger partial charge in [0.2, 0.25) is 5.91 Å². The minimum Gasteiger partial charge on any atom is -0.496 e. The van der Waals surface area contributed by atoms with Crippen LogP contribution in [0.2, 0.25) is 15.1 Å². The van der Waals surface area contributed by atoms with E-state index in [1.165, 1.54) is 31.6 Å². The lowest BCUT2D eigenvalue weighted by Crippen LogP contribution is -2.41. The summed E-state index contributed by atoms with van der Waals surface area (Å²) in [5.74, 6) is 1.26. The van der Waals surface area contributed by atoms with Crippen molar-refractivity contribution in [3.05, 3.63) is 112 Å². The van der Waals surface area contributed by atoms with Crippen molar-refractivity contribution < 1.29 is 37.7 Å². The maximum Gasteiger partial charge on any atom is 0.319 e. The topological polar surface area (TPSA) is 192 Å². The van der Waals surface area contributed by atoms with Gasteiger partial charge in [0, 0.05) is 67.1 Å². The zero-order valence-electron chi connectivity index (χ0n) is 33.8. The van der Waals surface area contributed by atoms with Crippen LogP contribution in [0.15, 0.2) is 85.8 Å². The average molecular weight is 918 g/mol. The zero-order chi connectivity index (χ0) is 44.8. The van der Waals surface area contributed by atoms with E-state index in [9.17, 15) is 18.8 Å². The molecule has 5 N–H and O–H groups in total. The number of fused-ring (bicyclic) bond motifs is 2. The van der Waals surface area contributed by atoms with Crippen LogP contribution in [-0.2, 0) is 4.79 Å². The Morgan fingerprint density at radius 3 is 2.22 bits per heavy atom. The SMILES string of the molecule is C=CC(=O)N1CCC(Oc2cc3c(Nc4ccc(Cl)c(Cl)c4F)ncnc3cc2OC)CC1.COc1cc2nccc(Oc3ccc(NC(=O)NC4CC4)c(Cl)c3)c2cc1C(N)=O. The Balaban J connectivity index is 0.000000190. The highest BCUT2D eigenvalue weighted by Crippen LogP contribution is 2.39. The average Bonchev–Trinajstić information content (AvgIpc) is 4.11. The number of methoxy groups -OCH3 is 2. The lowest BCUT2D eigenvalue weighted by molar-refractivity contribution is -0.127. The lowest BCUT2D eigenvalue weighted by Gasteiger charge is -2.31. The largest absolute Gasteiger partial charge is 0.496 e. The van der Waals surface area contributed by atoms with Crippen molar-refractivity contribution >= 4 is 91.6 Å². The van der Waals surface area contributed by atoms with Gasteiger partial charge in [-0.25, -0.2) is 19.2 Å². The highest BCUT2D eigenvalue weighted by atomic mass is 35.5. The van der Waals surface area contributed by atoms with Gasteiger partial charge in [0.05, 0.1) is 57.3 Å². The molecule has 3 heterocycles. The quantitative estimate of drug-likeness (QED) is 0.0675. The Morgan fingerprint density at radius 1 is 0.825 bits per heavy atom. The molecular formula is C44H40Cl3FN8O7. The molecule has 1 saturated heterocycles. The fraction of sp³-hybridized carbons (Fsp3) is 0.227. The van der Waals surface area contributed by atoms with Crippen LogP contribution in [0.1, 0.15) is 36.0 Å². The summed E-state index contributed by atoms with van der Waals surface area (Å²) in [7, 11) is 3.00. The van der Waals surface area contributed by atoms with Crippen LogP contribution in [0.25, 0.3) is 21.8 Å². The number of pyridine rings is 1. The van der Waals surface area contributed by atoms with Crippen molar-refractivity contribution in [2.75, 3.05) is 37.9 Å². The van der Waals surface area contributed by atoms with Gasteiger partial charge in [0.1, 0.15) is 35.5 Å². The fourth-order valence-electron chi connectivity index (χ4n) is 6.63. The number of urea groups is 1. The number of aromatic nitrogens is 3. The van der Waals surface area contributed by atoms with Crippen molar-refractivity contribution in [3.8, 4) is 28.7 Å². The number of amides is 4. The number of hydrogen-bond donors (Lipinski definition) is 4. The summed E-state index contributed by atoms with van der Waals surface area (Å²) in [6.07, 6.45) is 7.51. The summed E-state index contributed by atoms with van der Waals surface area (Å²) in [4.78, 5) is 50.1. The molecule has 15 nitrogen and oxygen atoms in total. The molecule has 2 aliphatic rings. The third kappa shape index (κ3) is 10.5. The third-order valence-corrected chi connectivity index (χ3v) is 11.1. The second-order valence-electron chi connectivity index (χ2n) is 14.3. The number of piperidine rings is 1. The monoisotopic (exact) mass is 916 g/mol. The molecule has 0 spiro atoms. The van der Waals surface area contributed by atoms with Crippen molar-refractivity contribution in [2.24, 2.45) is 5.73 Å². The normalized spacial score (nSPS) is 13.7. The standard InChI is InChI=1S/C23H21Cl2FN4O3.C21H19ClN4O4/c1-3-20(31)30-8-6-13(7-9-30)33-19-10-14-17(11-18(19)32-2)27-12-28-23(14)29-16-5-4-15(24)21(25)22(16)26;1-29-19-10-17-13(9-14(19)20(23)27)18(6-7-24-17)30-12-4-5-16(15(22)8-12)26-21(28)25-11-2-3-11/h3-5,10-13H,1,6-9H2,2H3,(H,27,28,29);4-11H,2-3H2,1H3,(H2,23,27)(H2,25,26,28). The molecule has 0 bridgehead atoms. The number of anilines is 3. The Bertz CT molecular complexity index is 2730. The molecule has 63 heavy (non-hydrogen) atoms. The van der Waals surface area contributed by atoms with Crippen LogP contribution < -0.4 is 40.6 Å². The Labute approximate surface area is 375 Å². The highest BCUT2D eigenvalue weighted by molar-refractivity contribution is 6.42. The number of hydrogen-bond acceptors (Lipinski definition) is 11. The Hall–Kier alpha value is -6.62. The Morgan fingerprint density at radius 2 is 1.54 bits per heavy atom. The first-order valence-corrected chi connectivity index (χ1v) is 20.6. The zero-order valence-corrected chi connectivity index (χ0v) is 36.1. The number of halogens is 4. The van der Waals surface area contributed by atoms with E-state index < -0.39 is 11.7 Å². The van der Waals surface area contributed by atoms with E-state index in [-0.39, 0.29) is 45.4 Å². The van der Waals surface area contributed by atoms with Crippen LogP contribution in [0.3, 0.4) is 0 Å². The van der Waals surface area contributed by atoms with Gasteiger partial charge in [0.25, 0.3) is 5.91 Å². The van der Waals surface area contributed by atoms with Gasteiger partial charge in [-0.15, -0.1) is 0 Å². The van der Waals surface area contributed by atoms with Gasteiger partial charge >= 0.3 is 6.03 Å². The molecule has 1 saturated carbocycles. The van der Waals surface area contributed by atoms with Gasteiger partial charge in [-0.2, -0.15) is 0 Å². The van der Waals surface area contributed by atoms with Crippen LogP contribution in [-0.4, -0.2) is 77.2 Å². The summed E-state index contributed by atoms with van der Waals surface area (Å²) in [6.45, 7) is 4.70. The van der Waals surface area contributed by atoms with Crippen LogP contribution in [0, 0.1) is 5.82 Å². The van der Waals surface area contributed by atoms with Gasteiger partial charge < -0.3 is 45.5 Å². The number of primary amides is 1. The van der Waals surface area contributed by atoms with E-state index in [4.69, 9.17) is 59.5 Å². The molecule has 19 heteroatoms. The van der Waals surface area contributed by atoms with E-state index in [1.54, 1.807) is 66.7 Å². The molecule has 2 fully saturated rings. The number of carbonyl (C=O) groups is 3. The minimum atomic E-state index is -0.679. The van der Waals surface area contributed by atoms with E-state index >= 15 is 0 Å². The molecule has 0 atom stereocenters. The van der Waals surface area contributed by atoms with Crippen molar-refractivity contribution in [2.45, 2.75) is 37.8 Å². The summed E-state index contributed by atoms with van der Waals surface area (Å²) >= 11 is 18.1. The number of nitrogens with two attached hydrogens (primary N) is 1. The molecule has 1 aliphatic heterocycles. The van der Waals surface area contributed by atoms with Gasteiger partial charge in [0.15, 0.2) is 17.3 Å². The molecule has 8 rings (SSSR count). The number of nitrogens with one attached hydrogen (secondary N) is 3. The molecule has 6 aromatic rings. The Kier molecular flexibility index (Phi) is 13.8. The first-order chi connectivity index (χ1) is 30.3. The predicted molar refractivity (Wildman–Crippen MR) is 240 cm³/mol. The van der Waals surface area contributed by atoms with Crippen LogP contribution in [0.4, 0.5) is 26.4 Å².